The molecule has 0 aliphatic carbocycles. The Labute approximate surface area is 139 Å². The highest BCUT2D eigenvalue weighted by Gasteiger charge is 2.24. The summed E-state index contributed by atoms with van der Waals surface area (Å²) < 4.78 is 2.18. The Bertz CT molecular complexity index is 949. The topological polar surface area (TPSA) is 67.9 Å². The Morgan fingerprint density at radius 2 is 2.08 bits per heavy atom. The number of phenols is 1. The van der Waals surface area contributed by atoms with Crippen molar-refractivity contribution in [2.24, 2.45) is 4.99 Å². The van der Waals surface area contributed by atoms with Gasteiger partial charge >= 0.3 is 0 Å². The van der Waals surface area contributed by atoms with E-state index in [-0.39, 0.29) is 5.75 Å². The number of nitrogens with zero attached hydrogens (tertiary/aromatic N) is 2. The van der Waals surface area contributed by atoms with Crippen molar-refractivity contribution in [3.05, 3.63) is 52.5 Å². The second-order valence-corrected chi connectivity index (χ2v) is 6.28. The van der Waals surface area contributed by atoms with Crippen molar-refractivity contribution in [3.63, 3.8) is 0 Å². The molecule has 5 heteroatoms. The summed E-state index contributed by atoms with van der Waals surface area (Å²) in [4.78, 5) is 4.39. The van der Waals surface area contributed by atoms with Gasteiger partial charge in [-0.05, 0) is 11.1 Å². The molecule has 0 spiro atoms. The van der Waals surface area contributed by atoms with Gasteiger partial charge in [0.1, 0.15) is 19.3 Å². The molecular weight excluding hydrogens is 302 g/mol. The molecule has 0 fully saturated rings. The summed E-state index contributed by atoms with van der Waals surface area (Å²) in [6.07, 6.45) is 2.15. The number of phenolic OH excluding ortho intramolecular Hbond substituents is 1. The normalized spacial score (nSPS) is 16.2. The van der Waals surface area contributed by atoms with E-state index in [0.717, 1.165) is 29.1 Å². The number of aromatic hydroxyl groups is 1. The van der Waals surface area contributed by atoms with E-state index in [2.05, 4.69) is 14.9 Å². The molecule has 24 heavy (non-hydrogen) atoms. The molecule has 2 aromatic carbocycles. The van der Waals surface area contributed by atoms with Gasteiger partial charge in [0, 0.05) is 25.2 Å². The van der Waals surface area contributed by atoms with Gasteiger partial charge in [-0.1, -0.05) is 30.3 Å². The maximum absolute atomic E-state index is 10.6. The summed E-state index contributed by atoms with van der Waals surface area (Å²) >= 11 is 0. The van der Waals surface area contributed by atoms with Crippen LogP contribution in [0, 0.1) is 0 Å². The number of nitrogens with one attached hydrogen (secondary N) is 1. The van der Waals surface area contributed by atoms with E-state index in [9.17, 15) is 10.2 Å². The molecular formula is C19H20N3O2+. The van der Waals surface area contributed by atoms with Crippen LogP contribution in [-0.2, 0) is 0 Å². The van der Waals surface area contributed by atoms with Crippen LogP contribution in [0.2, 0.25) is 0 Å². The average molecular weight is 322 g/mol. The van der Waals surface area contributed by atoms with Crippen LogP contribution >= 0.6 is 0 Å². The molecule has 2 aliphatic heterocycles. The van der Waals surface area contributed by atoms with Crippen LogP contribution in [0.25, 0.3) is 5.57 Å². The lowest BCUT2D eigenvalue weighted by Crippen LogP contribution is -2.43. The summed E-state index contributed by atoms with van der Waals surface area (Å²) in [7, 11) is 2.05. The van der Waals surface area contributed by atoms with Crippen LogP contribution in [0.1, 0.15) is 18.1 Å². The summed E-state index contributed by atoms with van der Waals surface area (Å²) in [5, 5.41) is 26.1. The molecule has 0 radical (unpaired) electrons. The third kappa shape index (κ3) is 2.37. The predicted octanol–water partition coefficient (Wildman–Crippen LogP) is 0.929. The molecule has 0 amide bonds. The molecule has 2 heterocycles. The minimum atomic E-state index is -0.640. The van der Waals surface area contributed by atoms with Gasteiger partial charge in [0.2, 0.25) is 5.36 Å². The maximum Gasteiger partial charge on any atom is 0.211 e. The Morgan fingerprint density at radius 3 is 2.88 bits per heavy atom. The Kier molecular flexibility index (Phi) is 3.58. The third-order valence-electron chi connectivity index (χ3n) is 4.72. The first kappa shape index (κ1) is 14.9. The average Bonchev–Trinajstić information content (AvgIpc) is 3.04. The number of rotatable bonds is 4. The fourth-order valence-corrected chi connectivity index (χ4v) is 3.33. The number of aliphatic hydroxyl groups is 1. The van der Waals surface area contributed by atoms with Crippen molar-refractivity contribution in [1.82, 2.24) is 4.58 Å². The van der Waals surface area contributed by atoms with Crippen molar-refractivity contribution in [3.8, 4) is 5.75 Å². The van der Waals surface area contributed by atoms with E-state index in [1.807, 2.05) is 49.7 Å². The number of hydrogen-bond donors (Lipinski definition) is 3. The van der Waals surface area contributed by atoms with Crippen molar-refractivity contribution >= 4 is 23.2 Å². The van der Waals surface area contributed by atoms with Crippen LogP contribution < -0.4 is 20.5 Å². The zero-order valence-electron chi connectivity index (χ0n) is 13.5. The van der Waals surface area contributed by atoms with E-state index in [4.69, 9.17) is 0 Å². The molecule has 2 aromatic rings. The van der Waals surface area contributed by atoms with Gasteiger partial charge in [0.25, 0.3) is 0 Å². The highest BCUT2D eigenvalue weighted by atomic mass is 16.3. The summed E-state index contributed by atoms with van der Waals surface area (Å²) in [6.45, 7) is 1.25. The minimum Gasteiger partial charge on any atom is -0.504 e. The molecule has 3 N–H and O–H groups in total. The molecule has 1 atom stereocenters. The number of aliphatic imine (C=N–C) groups is 1. The molecule has 122 valence electrons. The molecule has 0 bridgehead atoms. The highest BCUT2D eigenvalue weighted by Crippen LogP contribution is 2.33. The molecule has 0 saturated carbocycles. The summed E-state index contributed by atoms with van der Waals surface area (Å²) in [5.41, 5.74) is 3.26. The lowest BCUT2D eigenvalue weighted by molar-refractivity contribution is 0.191. The van der Waals surface area contributed by atoms with Crippen molar-refractivity contribution in [2.75, 3.05) is 25.5 Å². The smallest absolute Gasteiger partial charge is 0.211 e. The standard InChI is InChI=1S/C19H19N3O2/c1-22-8-7-13-10-21-18-17(13)15(22)9-14(19(18)24)20-11-16(23)12-5-3-2-4-6-12/h2-6,9-10,16,23H,7-8,11H2,1H3,(H,20,21,24)/p+1. The van der Waals surface area contributed by atoms with Crippen molar-refractivity contribution in [2.45, 2.75) is 12.5 Å². The second-order valence-electron chi connectivity index (χ2n) is 6.28. The van der Waals surface area contributed by atoms with E-state index >= 15 is 0 Å². The minimum absolute atomic E-state index is 0.149. The highest BCUT2D eigenvalue weighted by molar-refractivity contribution is 6.08. The van der Waals surface area contributed by atoms with Crippen LogP contribution in [0.5, 0.6) is 5.75 Å². The summed E-state index contributed by atoms with van der Waals surface area (Å²) in [5.74, 6) is 0.149. The fourth-order valence-electron chi connectivity index (χ4n) is 3.33. The van der Waals surface area contributed by atoms with Crippen LogP contribution in [0.15, 0.2) is 41.4 Å². The van der Waals surface area contributed by atoms with Gasteiger partial charge in [-0.25, -0.2) is 4.58 Å². The van der Waals surface area contributed by atoms with Gasteiger partial charge in [0.05, 0.1) is 17.0 Å². The van der Waals surface area contributed by atoms with E-state index in [1.165, 1.54) is 5.57 Å². The Morgan fingerprint density at radius 1 is 1.29 bits per heavy atom. The zero-order valence-corrected chi connectivity index (χ0v) is 13.5. The van der Waals surface area contributed by atoms with E-state index in [1.54, 1.807) is 0 Å². The van der Waals surface area contributed by atoms with Crippen molar-refractivity contribution in [1.29, 1.82) is 0 Å². The molecule has 0 aromatic heterocycles. The van der Waals surface area contributed by atoms with Gasteiger partial charge in [-0.2, -0.15) is 0 Å². The fraction of sp³-hybridized carbons (Fsp3) is 0.263. The molecule has 4 rings (SSSR count). The first-order valence-corrected chi connectivity index (χ1v) is 8.13. The maximum atomic E-state index is 10.6. The predicted molar refractivity (Wildman–Crippen MR) is 95.5 cm³/mol. The summed E-state index contributed by atoms with van der Waals surface area (Å²) in [6, 6.07) is 11.4. The SMILES string of the molecule is C[N+]1=c2cc(NCC(O)c3ccccc3)c(O)c3c2=C(C=N3)CC1. The van der Waals surface area contributed by atoms with Crippen molar-refractivity contribution < 1.29 is 10.2 Å². The van der Waals surface area contributed by atoms with Gasteiger partial charge in [-0.3, -0.25) is 4.99 Å². The monoisotopic (exact) mass is 322 g/mol. The number of hydrogen-bond acceptors (Lipinski definition) is 4. The largest absolute Gasteiger partial charge is 0.504 e. The lowest BCUT2D eigenvalue weighted by Gasteiger charge is -2.15. The Balaban J connectivity index is 1.68. The molecule has 1 unspecified atom stereocenters. The van der Waals surface area contributed by atoms with Crippen LogP contribution in [-0.4, -0.2) is 36.6 Å². The second kappa shape index (κ2) is 5.76. The van der Waals surface area contributed by atoms with Gasteiger partial charge in [-0.15, -0.1) is 0 Å². The number of aliphatic hydroxyl groups excluding tert-OH is 1. The van der Waals surface area contributed by atoms with E-state index in [0.29, 0.717) is 17.9 Å². The van der Waals surface area contributed by atoms with E-state index < -0.39 is 6.10 Å². The van der Waals surface area contributed by atoms with Gasteiger partial charge in [0.15, 0.2) is 5.75 Å². The number of anilines is 1. The lowest BCUT2D eigenvalue weighted by atomic mass is 10.1. The first-order chi connectivity index (χ1) is 11.6. The van der Waals surface area contributed by atoms with Gasteiger partial charge < -0.3 is 15.5 Å². The third-order valence-corrected chi connectivity index (χ3v) is 4.72. The molecule has 2 aliphatic rings. The zero-order chi connectivity index (χ0) is 16.7. The number of benzene rings is 2. The van der Waals surface area contributed by atoms with Crippen LogP contribution in [0.4, 0.5) is 11.4 Å². The first-order valence-electron chi connectivity index (χ1n) is 8.13. The molecule has 5 nitrogen and oxygen atoms in total. The Hall–Kier alpha value is -2.66. The quantitative estimate of drug-likeness (QED) is 0.579. The van der Waals surface area contributed by atoms with Crippen LogP contribution in [0.3, 0.4) is 0 Å². The molecule has 0 saturated heterocycles.